The van der Waals surface area contributed by atoms with E-state index in [1.54, 1.807) is 12.1 Å². The number of nitrogens with zero attached hydrogens (tertiary/aromatic N) is 2. The maximum atomic E-state index is 10.6. The first-order valence-corrected chi connectivity index (χ1v) is 6.10. The molecule has 5 nitrogen and oxygen atoms in total. The minimum absolute atomic E-state index is 0.0713. The van der Waals surface area contributed by atoms with Crippen LogP contribution in [0.1, 0.15) is 0 Å². The first-order valence-electron chi connectivity index (χ1n) is 6.10. The molecular formula is C15H11N3O2. The second-order valence-electron chi connectivity index (χ2n) is 4.32. The fourth-order valence-electron chi connectivity index (χ4n) is 1.95. The van der Waals surface area contributed by atoms with Gasteiger partial charge in [-0.25, -0.2) is 4.98 Å². The van der Waals surface area contributed by atoms with Gasteiger partial charge in [0.2, 0.25) is 0 Å². The van der Waals surface area contributed by atoms with Crippen LogP contribution in [0.4, 0.5) is 17.2 Å². The highest BCUT2D eigenvalue weighted by Crippen LogP contribution is 2.20. The van der Waals surface area contributed by atoms with Gasteiger partial charge in [0.1, 0.15) is 5.82 Å². The first-order chi connectivity index (χ1) is 9.72. The number of fused-ring (bicyclic) bond motifs is 1. The molecule has 5 heteroatoms. The molecule has 3 rings (SSSR count). The summed E-state index contributed by atoms with van der Waals surface area (Å²) >= 11 is 0. The van der Waals surface area contributed by atoms with Gasteiger partial charge in [-0.3, -0.25) is 10.1 Å². The van der Waals surface area contributed by atoms with Gasteiger partial charge in [-0.1, -0.05) is 18.2 Å². The number of hydrogen-bond donors (Lipinski definition) is 1. The van der Waals surface area contributed by atoms with Crippen LogP contribution in [-0.2, 0) is 0 Å². The van der Waals surface area contributed by atoms with Crippen molar-refractivity contribution in [3.63, 3.8) is 0 Å². The van der Waals surface area contributed by atoms with E-state index in [2.05, 4.69) is 10.3 Å². The zero-order valence-electron chi connectivity index (χ0n) is 10.5. The average molecular weight is 265 g/mol. The molecule has 98 valence electrons. The third kappa shape index (κ3) is 2.42. The predicted octanol–water partition coefficient (Wildman–Crippen LogP) is 3.89. The zero-order chi connectivity index (χ0) is 13.9. The molecule has 3 aromatic rings. The van der Waals surface area contributed by atoms with E-state index in [0.717, 1.165) is 16.6 Å². The van der Waals surface area contributed by atoms with E-state index in [0.29, 0.717) is 5.82 Å². The van der Waals surface area contributed by atoms with Crippen molar-refractivity contribution < 1.29 is 4.92 Å². The maximum Gasteiger partial charge on any atom is 0.269 e. The van der Waals surface area contributed by atoms with Crippen LogP contribution in [0, 0.1) is 10.1 Å². The van der Waals surface area contributed by atoms with Gasteiger partial charge in [0.05, 0.1) is 10.4 Å². The largest absolute Gasteiger partial charge is 0.340 e. The number of nitro benzene ring substituents is 1. The van der Waals surface area contributed by atoms with Crippen molar-refractivity contribution in [3.05, 3.63) is 70.8 Å². The lowest BCUT2D eigenvalue weighted by molar-refractivity contribution is -0.384. The molecule has 0 saturated carbocycles. The number of para-hydroxylation sites is 1. The van der Waals surface area contributed by atoms with Gasteiger partial charge in [-0.05, 0) is 30.3 Å². The SMILES string of the molecule is O=[N+]([O-])c1ccc(Nc2ccc3ccccc3n2)cc1. The molecule has 0 aliphatic carbocycles. The lowest BCUT2D eigenvalue weighted by atomic mass is 10.2. The molecule has 0 spiro atoms. The molecule has 0 aliphatic rings. The summed E-state index contributed by atoms with van der Waals surface area (Å²) in [4.78, 5) is 14.7. The molecular weight excluding hydrogens is 254 g/mol. The predicted molar refractivity (Wildman–Crippen MR) is 78.1 cm³/mol. The Morgan fingerprint density at radius 1 is 0.950 bits per heavy atom. The molecule has 1 N–H and O–H groups in total. The molecule has 0 atom stereocenters. The highest BCUT2D eigenvalue weighted by Gasteiger charge is 2.04. The van der Waals surface area contributed by atoms with E-state index in [9.17, 15) is 10.1 Å². The Hall–Kier alpha value is -2.95. The molecule has 2 aromatic carbocycles. The number of anilines is 2. The van der Waals surface area contributed by atoms with E-state index >= 15 is 0 Å². The van der Waals surface area contributed by atoms with Gasteiger partial charge in [0.15, 0.2) is 0 Å². The molecule has 1 aromatic heterocycles. The fourth-order valence-corrected chi connectivity index (χ4v) is 1.95. The molecule has 0 aliphatic heterocycles. The van der Waals surface area contributed by atoms with Crippen LogP contribution in [-0.4, -0.2) is 9.91 Å². The van der Waals surface area contributed by atoms with Crippen molar-refractivity contribution in [2.75, 3.05) is 5.32 Å². The van der Waals surface area contributed by atoms with Crippen molar-refractivity contribution in [3.8, 4) is 0 Å². The average Bonchev–Trinajstić information content (AvgIpc) is 2.48. The summed E-state index contributed by atoms with van der Waals surface area (Å²) < 4.78 is 0. The molecule has 1 heterocycles. The van der Waals surface area contributed by atoms with E-state index in [4.69, 9.17) is 0 Å². The highest BCUT2D eigenvalue weighted by molar-refractivity contribution is 5.80. The Morgan fingerprint density at radius 3 is 2.45 bits per heavy atom. The summed E-state index contributed by atoms with van der Waals surface area (Å²) in [5, 5.41) is 14.8. The Bertz CT molecular complexity index is 769. The van der Waals surface area contributed by atoms with Crippen LogP contribution in [0.3, 0.4) is 0 Å². The van der Waals surface area contributed by atoms with Crippen LogP contribution < -0.4 is 5.32 Å². The monoisotopic (exact) mass is 265 g/mol. The zero-order valence-corrected chi connectivity index (χ0v) is 10.5. The summed E-state index contributed by atoms with van der Waals surface area (Å²) in [7, 11) is 0. The summed E-state index contributed by atoms with van der Waals surface area (Å²) in [6.07, 6.45) is 0. The second-order valence-corrected chi connectivity index (χ2v) is 4.32. The van der Waals surface area contributed by atoms with Gasteiger partial charge < -0.3 is 5.32 Å². The van der Waals surface area contributed by atoms with Crippen LogP contribution in [0.25, 0.3) is 10.9 Å². The topological polar surface area (TPSA) is 68.1 Å². The van der Waals surface area contributed by atoms with Crippen molar-refractivity contribution in [1.82, 2.24) is 4.98 Å². The molecule has 0 radical (unpaired) electrons. The number of rotatable bonds is 3. The summed E-state index contributed by atoms with van der Waals surface area (Å²) in [6.45, 7) is 0. The van der Waals surface area contributed by atoms with Gasteiger partial charge in [-0.15, -0.1) is 0 Å². The summed E-state index contributed by atoms with van der Waals surface area (Å²) in [5.41, 5.74) is 1.74. The first kappa shape index (κ1) is 12.1. The summed E-state index contributed by atoms with van der Waals surface area (Å²) in [5.74, 6) is 0.706. The van der Waals surface area contributed by atoms with Gasteiger partial charge in [0.25, 0.3) is 5.69 Å². The van der Waals surface area contributed by atoms with Crippen LogP contribution in [0.2, 0.25) is 0 Å². The van der Waals surface area contributed by atoms with Gasteiger partial charge in [-0.2, -0.15) is 0 Å². The number of non-ortho nitro benzene ring substituents is 1. The van der Waals surface area contributed by atoms with Crippen molar-refractivity contribution in [2.24, 2.45) is 0 Å². The molecule has 0 bridgehead atoms. The quantitative estimate of drug-likeness (QED) is 0.576. The lowest BCUT2D eigenvalue weighted by Gasteiger charge is -2.06. The third-order valence-corrected chi connectivity index (χ3v) is 2.95. The highest BCUT2D eigenvalue weighted by atomic mass is 16.6. The van der Waals surface area contributed by atoms with Gasteiger partial charge >= 0.3 is 0 Å². The number of nitro groups is 1. The molecule has 0 saturated heterocycles. The number of pyridine rings is 1. The number of nitrogens with one attached hydrogen (secondary N) is 1. The third-order valence-electron chi connectivity index (χ3n) is 2.95. The minimum Gasteiger partial charge on any atom is -0.340 e. The van der Waals surface area contributed by atoms with Crippen LogP contribution in [0.5, 0.6) is 0 Å². The summed E-state index contributed by atoms with van der Waals surface area (Å²) in [6, 6.07) is 17.9. The molecule has 20 heavy (non-hydrogen) atoms. The standard InChI is InChI=1S/C15H11N3O2/c19-18(20)13-8-6-12(7-9-13)16-15-10-5-11-3-1-2-4-14(11)17-15/h1-10H,(H,16,17). The second kappa shape index (κ2) is 4.97. The van der Waals surface area contributed by atoms with Crippen molar-refractivity contribution >= 4 is 28.1 Å². The fraction of sp³-hybridized carbons (Fsp3) is 0. The lowest BCUT2D eigenvalue weighted by Crippen LogP contribution is -1.94. The maximum absolute atomic E-state index is 10.6. The van der Waals surface area contributed by atoms with Crippen LogP contribution in [0.15, 0.2) is 60.7 Å². The van der Waals surface area contributed by atoms with Crippen LogP contribution >= 0.6 is 0 Å². The van der Waals surface area contributed by atoms with E-state index in [-0.39, 0.29) is 5.69 Å². The normalized spacial score (nSPS) is 10.4. The minimum atomic E-state index is -0.419. The molecule has 0 fully saturated rings. The smallest absolute Gasteiger partial charge is 0.269 e. The van der Waals surface area contributed by atoms with E-state index in [1.165, 1.54) is 12.1 Å². The molecule has 0 unspecified atom stereocenters. The number of benzene rings is 2. The number of hydrogen-bond acceptors (Lipinski definition) is 4. The molecule has 0 amide bonds. The number of aromatic nitrogens is 1. The van der Waals surface area contributed by atoms with Crippen molar-refractivity contribution in [2.45, 2.75) is 0 Å². The van der Waals surface area contributed by atoms with E-state index < -0.39 is 4.92 Å². The van der Waals surface area contributed by atoms with E-state index in [1.807, 2.05) is 36.4 Å². The van der Waals surface area contributed by atoms with Gasteiger partial charge in [0, 0.05) is 23.2 Å². The Balaban J connectivity index is 1.87. The Kier molecular flexibility index (Phi) is 3.01. The van der Waals surface area contributed by atoms with Crippen molar-refractivity contribution in [1.29, 1.82) is 0 Å². The Morgan fingerprint density at radius 2 is 1.70 bits per heavy atom. The Labute approximate surface area is 115 Å².